The molecule has 1 aliphatic rings. The molecule has 2 rings (SSSR count). The largest absolute Gasteiger partial charge is 0.479 e. The van der Waals surface area contributed by atoms with Crippen molar-refractivity contribution in [1.82, 2.24) is 0 Å². The molecule has 1 aromatic rings. The molecule has 132 valence electrons. The fraction of sp³-hybridized carbons (Fsp3) is 0.467. The number of aliphatic carboxylic acids is 1. The molecule has 0 saturated carbocycles. The van der Waals surface area contributed by atoms with Crippen molar-refractivity contribution in [2.24, 2.45) is 0 Å². The SMILES string of the molecule is COC(=O)Cc1ccc(O[C@@H]2O[C@H](C(=O)O)[C@@H](O)[C@H](O)[C@H]2O)cc1. The zero-order valence-corrected chi connectivity index (χ0v) is 12.7. The Morgan fingerprint density at radius 3 is 2.25 bits per heavy atom. The molecule has 1 aliphatic heterocycles. The minimum absolute atomic E-state index is 0.0747. The number of hydrogen-bond donors (Lipinski definition) is 4. The minimum atomic E-state index is -1.78. The lowest BCUT2D eigenvalue weighted by Gasteiger charge is -2.38. The van der Waals surface area contributed by atoms with Gasteiger partial charge in [0.15, 0.2) is 6.10 Å². The third-order valence-corrected chi connectivity index (χ3v) is 3.56. The number of carbonyl (C=O) groups excluding carboxylic acids is 1. The van der Waals surface area contributed by atoms with E-state index in [-0.39, 0.29) is 12.2 Å². The second-order valence-electron chi connectivity index (χ2n) is 5.25. The number of aliphatic hydroxyl groups is 3. The standard InChI is InChI=1S/C15H18O9/c1-22-9(16)6-7-2-4-8(5-3-7)23-15-12(19)10(17)11(18)13(24-15)14(20)21/h2-5,10-13,15,17-19H,6H2,1H3,(H,20,21)/t10-,11-,12+,13-,15+/m0/s1. The van der Waals surface area contributed by atoms with Crippen LogP contribution in [0.15, 0.2) is 24.3 Å². The Bertz CT molecular complexity index is 585. The fourth-order valence-electron chi connectivity index (χ4n) is 2.21. The monoisotopic (exact) mass is 342 g/mol. The summed E-state index contributed by atoms with van der Waals surface area (Å²) in [6, 6.07) is 6.14. The number of carboxylic acid groups (broad SMARTS) is 1. The van der Waals surface area contributed by atoms with Gasteiger partial charge in [-0.3, -0.25) is 4.79 Å². The molecular weight excluding hydrogens is 324 g/mol. The van der Waals surface area contributed by atoms with Gasteiger partial charge in [0.25, 0.3) is 0 Å². The van der Waals surface area contributed by atoms with Crippen molar-refractivity contribution in [2.75, 3.05) is 7.11 Å². The summed E-state index contributed by atoms with van der Waals surface area (Å²) in [5.74, 6) is -1.67. The van der Waals surface area contributed by atoms with Crippen LogP contribution in [-0.4, -0.2) is 70.2 Å². The van der Waals surface area contributed by atoms with Crippen LogP contribution < -0.4 is 4.74 Å². The molecule has 0 aliphatic carbocycles. The number of carboxylic acids is 1. The predicted molar refractivity (Wildman–Crippen MR) is 77.1 cm³/mol. The number of aliphatic hydroxyl groups excluding tert-OH is 3. The number of rotatable bonds is 5. The molecule has 1 saturated heterocycles. The average Bonchev–Trinajstić information content (AvgIpc) is 2.56. The van der Waals surface area contributed by atoms with Crippen molar-refractivity contribution >= 4 is 11.9 Å². The third-order valence-electron chi connectivity index (χ3n) is 3.56. The number of methoxy groups -OCH3 is 1. The van der Waals surface area contributed by atoms with E-state index in [9.17, 15) is 24.9 Å². The summed E-state index contributed by atoms with van der Waals surface area (Å²) in [4.78, 5) is 22.2. The van der Waals surface area contributed by atoms with Crippen LogP contribution in [0.1, 0.15) is 5.56 Å². The highest BCUT2D eigenvalue weighted by atomic mass is 16.7. The maximum Gasteiger partial charge on any atom is 0.335 e. The first-order valence-corrected chi connectivity index (χ1v) is 7.08. The van der Waals surface area contributed by atoms with Gasteiger partial charge in [-0.05, 0) is 17.7 Å². The molecule has 9 nitrogen and oxygen atoms in total. The Morgan fingerprint density at radius 2 is 1.71 bits per heavy atom. The highest BCUT2D eigenvalue weighted by Crippen LogP contribution is 2.24. The van der Waals surface area contributed by atoms with Crippen molar-refractivity contribution in [1.29, 1.82) is 0 Å². The molecule has 0 amide bonds. The summed E-state index contributed by atoms with van der Waals surface area (Å²) < 4.78 is 14.9. The van der Waals surface area contributed by atoms with E-state index in [1.807, 2.05) is 0 Å². The number of esters is 1. The smallest absolute Gasteiger partial charge is 0.335 e. The zero-order chi connectivity index (χ0) is 17.9. The van der Waals surface area contributed by atoms with E-state index in [4.69, 9.17) is 14.6 Å². The number of hydrogen-bond acceptors (Lipinski definition) is 8. The van der Waals surface area contributed by atoms with Crippen LogP contribution in [0.4, 0.5) is 0 Å². The second kappa shape index (κ2) is 7.58. The Labute approximate surface area is 137 Å². The summed E-state index contributed by atoms with van der Waals surface area (Å²) in [6.45, 7) is 0. The Hall–Kier alpha value is -2.20. The predicted octanol–water partition coefficient (Wildman–Crippen LogP) is -1.33. The summed E-state index contributed by atoms with van der Waals surface area (Å²) in [6.07, 6.45) is -8.28. The van der Waals surface area contributed by atoms with Gasteiger partial charge in [0, 0.05) is 0 Å². The molecule has 0 bridgehead atoms. The van der Waals surface area contributed by atoms with Gasteiger partial charge >= 0.3 is 11.9 Å². The maximum absolute atomic E-state index is 11.2. The van der Waals surface area contributed by atoms with Gasteiger partial charge in [-0.1, -0.05) is 12.1 Å². The number of ether oxygens (including phenoxy) is 3. The molecule has 24 heavy (non-hydrogen) atoms. The van der Waals surface area contributed by atoms with Crippen molar-refractivity contribution in [3.8, 4) is 5.75 Å². The van der Waals surface area contributed by atoms with E-state index < -0.39 is 42.6 Å². The summed E-state index contributed by atoms with van der Waals surface area (Å²) in [5.41, 5.74) is 0.665. The lowest BCUT2D eigenvalue weighted by Crippen LogP contribution is -2.61. The van der Waals surface area contributed by atoms with Crippen LogP contribution in [-0.2, 0) is 25.5 Å². The molecule has 0 unspecified atom stereocenters. The average molecular weight is 342 g/mol. The van der Waals surface area contributed by atoms with Crippen molar-refractivity contribution in [3.05, 3.63) is 29.8 Å². The Kier molecular flexibility index (Phi) is 5.73. The second-order valence-corrected chi connectivity index (χ2v) is 5.25. The summed E-state index contributed by atoms with van der Waals surface area (Å²) in [7, 11) is 1.28. The van der Waals surface area contributed by atoms with Crippen molar-refractivity contribution < 1.29 is 44.2 Å². The topological polar surface area (TPSA) is 143 Å². The molecule has 9 heteroatoms. The first-order chi connectivity index (χ1) is 11.3. The van der Waals surface area contributed by atoms with E-state index in [1.165, 1.54) is 19.2 Å². The first kappa shape index (κ1) is 18.1. The van der Waals surface area contributed by atoms with E-state index >= 15 is 0 Å². The van der Waals surface area contributed by atoms with Crippen LogP contribution in [0.5, 0.6) is 5.75 Å². The molecule has 5 atom stereocenters. The van der Waals surface area contributed by atoms with Gasteiger partial charge in [0.05, 0.1) is 13.5 Å². The molecule has 1 heterocycles. The summed E-state index contributed by atoms with van der Waals surface area (Å²) in [5, 5.41) is 38.1. The van der Waals surface area contributed by atoms with Gasteiger partial charge in [-0.2, -0.15) is 0 Å². The molecular formula is C15H18O9. The van der Waals surface area contributed by atoms with Gasteiger partial charge in [0.1, 0.15) is 24.1 Å². The zero-order valence-electron chi connectivity index (χ0n) is 12.7. The van der Waals surface area contributed by atoms with Crippen LogP contribution in [0.3, 0.4) is 0 Å². The highest BCUT2D eigenvalue weighted by molar-refractivity contribution is 5.73. The molecule has 1 fully saturated rings. The highest BCUT2D eigenvalue weighted by Gasteiger charge is 2.48. The minimum Gasteiger partial charge on any atom is -0.479 e. The first-order valence-electron chi connectivity index (χ1n) is 7.08. The molecule has 0 spiro atoms. The lowest BCUT2D eigenvalue weighted by atomic mass is 9.99. The van der Waals surface area contributed by atoms with Gasteiger partial charge in [-0.15, -0.1) is 0 Å². The van der Waals surface area contributed by atoms with Crippen LogP contribution in [0.25, 0.3) is 0 Å². The van der Waals surface area contributed by atoms with Crippen molar-refractivity contribution in [3.63, 3.8) is 0 Å². The number of carbonyl (C=O) groups is 2. The van der Waals surface area contributed by atoms with E-state index in [2.05, 4.69) is 4.74 Å². The third kappa shape index (κ3) is 4.01. The Morgan fingerprint density at radius 1 is 1.08 bits per heavy atom. The molecule has 0 aromatic heterocycles. The quantitative estimate of drug-likeness (QED) is 0.479. The van der Waals surface area contributed by atoms with E-state index in [0.717, 1.165) is 0 Å². The Balaban J connectivity index is 2.06. The van der Waals surface area contributed by atoms with Gasteiger partial charge < -0.3 is 34.6 Å². The molecule has 0 radical (unpaired) electrons. The number of benzene rings is 1. The van der Waals surface area contributed by atoms with Gasteiger partial charge in [0.2, 0.25) is 6.29 Å². The van der Waals surface area contributed by atoms with E-state index in [0.29, 0.717) is 5.56 Å². The van der Waals surface area contributed by atoms with E-state index in [1.54, 1.807) is 12.1 Å². The van der Waals surface area contributed by atoms with Crippen LogP contribution >= 0.6 is 0 Å². The summed E-state index contributed by atoms with van der Waals surface area (Å²) >= 11 is 0. The van der Waals surface area contributed by atoms with Crippen molar-refractivity contribution in [2.45, 2.75) is 37.1 Å². The normalized spacial score (nSPS) is 29.8. The molecule has 4 N–H and O–H groups in total. The lowest BCUT2D eigenvalue weighted by molar-refractivity contribution is -0.271. The molecule has 1 aromatic carbocycles. The van der Waals surface area contributed by atoms with Crippen LogP contribution in [0.2, 0.25) is 0 Å². The fourth-order valence-corrected chi connectivity index (χ4v) is 2.21. The van der Waals surface area contributed by atoms with Crippen LogP contribution in [0, 0.1) is 0 Å². The maximum atomic E-state index is 11.2. The van der Waals surface area contributed by atoms with Gasteiger partial charge in [-0.25, -0.2) is 4.79 Å².